The second-order valence-corrected chi connectivity index (χ2v) is 11.1. The first-order valence-corrected chi connectivity index (χ1v) is 14.5. The van der Waals surface area contributed by atoms with Crippen molar-refractivity contribution in [1.29, 1.82) is 0 Å². The van der Waals surface area contributed by atoms with Gasteiger partial charge in [0, 0.05) is 19.3 Å². The van der Waals surface area contributed by atoms with E-state index in [-0.39, 0.29) is 24.9 Å². The van der Waals surface area contributed by atoms with E-state index in [9.17, 15) is 19.5 Å². The van der Waals surface area contributed by atoms with Crippen molar-refractivity contribution in [2.45, 2.75) is 63.9 Å². The summed E-state index contributed by atoms with van der Waals surface area (Å²) in [5, 5.41) is 22.5. The van der Waals surface area contributed by atoms with Gasteiger partial charge in [-0.2, -0.15) is 0 Å². The summed E-state index contributed by atoms with van der Waals surface area (Å²) in [6.07, 6.45) is 0.909. The molecule has 5 N–H and O–H groups in total. The van der Waals surface area contributed by atoms with E-state index < -0.39 is 36.4 Å². The lowest BCUT2D eigenvalue weighted by molar-refractivity contribution is -0.124. The highest BCUT2D eigenvalue weighted by Crippen LogP contribution is 2.16. The molecular weight excluding hydrogens is 542 g/mol. The second-order valence-electron chi connectivity index (χ2n) is 10.1. The van der Waals surface area contributed by atoms with Crippen LogP contribution >= 0.6 is 11.3 Å². The maximum absolute atomic E-state index is 13.3. The summed E-state index contributed by atoms with van der Waals surface area (Å²) in [6, 6.07) is 16.8. The fourth-order valence-corrected chi connectivity index (χ4v) is 4.89. The SMILES string of the molecule is CNC(=O)NC(C(=O)NC(Cc1ccccc1)CC(O)[C@H](Cc1ccccc1)NC(=O)OCc1cncs1)C(C)C. The first kappa shape index (κ1) is 31.6. The number of aromatic nitrogens is 1. The van der Waals surface area contributed by atoms with E-state index in [1.807, 2.05) is 74.5 Å². The van der Waals surface area contributed by atoms with Crippen LogP contribution in [0.4, 0.5) is 9.59 Å². The predicted octanol–water partition coefficient (Wildman–Crippen LogP) is 3.41. The lowest BCUT2D eigenvalue weighted by atomic mass is 9.93. The smallest absolute Gasteiger partial charge is 0.407 e. The number of aliphatic hydroxyl groups excluding tert-OH is 1. The van der Waals surface area contributed by atoms with Crippen molar-refractivity contribution < 1.29 is 24.2 Å². The van der Waals surface area contributed by atoms with Crippen molar-refractivity contribution >= 4 is 29.4 Å². The number of ether oxygens (including phenoxy) is 1. The van der Waals surface area contributed by atoms with Gasteiger partial charge in [-0.05, 0) is 36.3 Å². The molecule has 3 aromatic rings. The van der Waals surface area contributed by atoms with Crippen LogP contribution in [-0.2, 0) is 29.0 Å². The number of hydrogen-bond donors (Lipinski definition) is 5. The Balaban J connectivity index is 1.77. The molecule has 0 aliphatic heterocycles. The number of benzene rings is 2. The molecular formula is C30H39N5O5S. The summed E-state index contributed by atoms with van der Waals surface area (Å²) < 4.78 is 5.37. The maximum atomic E-state index is 13.3. The molecule has 4 amide bonds. The second kappa shape index (κ2) is 16.3. The average Bonchev–Trinajstić information content (AvgIpc) is 3.49. The zero-order valence-corrected chi connectivity index (χ0v) is 24.4. The number of thiazole rings is 1. The monoisotopic (exact) mass is 581 g/mol. The minimum Gasteiger partial charge on any atom is -0.444 e. The fraction of sp³-hybridized carbons (Fsp3) is 0.400. The normalized spacial score (nSPS) is 13.9. The molecule has 4 atom stereocenters. The maximum Gasteiger partial charge on any atom is 0.407 e. The van der Waals surface area contributed by atoms with Crippen LogP contribution < -0.4 is 21.3 Å². The van der Waals surface area contributed by atoms with Crippen LogP contribution in [0.25, 0.3) is 0 Å². The van der Waals surface area contributed by atoms with Gasteiger partial charge in [-0.1, -0.05) is 74.5 Å². The van der Waals surface area contributed by atoms with E-state index in [0.717, 1.165) is 16.0 Å². The van der Waals surface area contributed by atoms with E-state index >= 15 is 0 Å². The average molecular weight is 582 g/mol. The standard InChI is InChI=1S/C30H39N5O5S/c1-20(2)27(35-29(38)31-3)28(37)33-23(14-21-10-6-4-7-11-21)16-26(36)25(15-22-12-8-5-9-13-22)34-30(39)40-18-24-17-32-19-41-24/h4-13,17,19-20,23,25-27,36H,14-16,18H2,1-3H3,(H,33,37)(H,34,39)(H2,31,35,38)/t23?,25-,26?,27?/m0/s1. The Bertz CT molecular complexity index is 1210. The van der Waals surface area contributed by atoms with E-state index in [1.165, 1.54) is 18.4 Å². The van der Waals surface area contributed by atoms with Gasteiger partial charge in [0.1, 0.15) is 12.6 Å². The molecule has 1 aromatic heterocycles. The van der Waals surface area contributed by atoms with Crippen LogP contribution in [0.15, 0.2) is 72.4 Å². The lowest BCUT2D eigenvalue weighted by Crippen LogP contribution is -2.55. The van der Waals surface area contributed by atoms with Gasteiger partial charge in [0.05, 0.1) is 22.5 Å². The fourth-order valence-electron chi connectivity index (χ4n) is 4.38. The van der Waals surface area contributed by atoms with Crippen molar-refractivity contribution in [2.24, 2.45) is 5.92 Å². The van der Waals surface area contributed by atoms with Crippen LogP contribution in [0.2, 0.25) is 0 Å². The highest BCUT2D eigenvalue weighted by atomic mass is 32.1. The summed E-state index contributed by atoms with van der Waals surface area (Å²) in [4.78, 5) is 42.8. The van der Waals surface area contributed by atoms with Gasteiger partial charge in [-0.3, -0.25) is 9.78 Å². The summed E-state index contributed by atoms with van der Waals surface area (Å²) in [5.41, 5.74) is 3.56. The predicted molar refractivity (Wildman–Crippen MR) is 158 cm³/mol. The molecule has 0 aliphatic rings. The van der Waals surface area contributed by atoms with Crippen molar-refractivity contribution in [3.05, 3.63) is 88.4 Å². The Morgan fingerprint density at radius 2 is 1.56 bits per heavy atom. The lowest BCUT2D eigenvalue weighted by Gasteiger charge is -2.30. The van der Waals surface area contributed by atoms with Crippen LogP contribution in [0.5, 0.6) is 0 Å². The molecule has 3 rings (SSSR count). The Morgan fingerprint density at radius 3 is 2.12 bits per heavy atom. The third kappa shape index (κ3) is 10.8. The highest BCUT2D eigenvalue weighted by molar-refractivity contribution is 7.09. The Morgan fingerprint density at radius 1 is 0.927 bits per heavy atom. The molecule has 0 saturated heterocycles. The molecule has 2 aromatic carbocycles. The molecule has 1 heterocycles. The van der Waals surface area contributed by atoms with E-state index in [2.05, 4.69) is 26.3 Å². The number of alkyl carbamates (subject to hydrolysis) is 1. The van der Waals surface area contributed by atoms with Gasteiger partial charge in [0.25, 0.3) is 0 Å². The van der Waals surface area contributed by atoms with Gasteiger partial charge < -0.3 is 31.1 Å². The molecule has 0 spiro atoms. The highest BCUT2D eigenvalue weighted by Gasteiger charge is 2.30. The topological polar surface area (TPSA) is 142 Å². The van der Waals surface area contributed by atoms with Gasteiger partial charge >= 0.3 is 12.1 Å². The molecule has 220 valence electrons. The first-order chi connectivity index (χ1) is 19.7. The Labute approximate surface area is 244 Å². The zero-order valence-electron chi connectivity index (χ0n) is 23.6. The van der Waals surface area contributed by atoms with Crippen molar-refractivity contribution in [3.8, 4) is 0 Å². The molecule has 0 fully saturated rings. The molecule has 0 saturated carbocycles. The number of hydrogen-bond acceptors (Lipinski definition) is 7. The number of aliphatic hydroxyl groups is 1. The number of amides is 4. The minimum absolute atomic E-state index is 0.0757. The third-order valence-corrected chi connectivity index (χ3v) is 7.31. The number of urea groups is 1. The van der Waals surface area contributed by atoms with Gasteiger partial charge in [-0.15, -0.1) is 11.3 Å². The largest absolute Gasteiger partial charge is 0.444 e. The number of carbonyl (C=O) groups is 3. The van der Waals surface area contributed by atoms with Crippen molar-refractivity contribution in [2.75, 3.05) is 7.05 Å². The summed E-state index contributed by atoms with van der Waals surface area (Å²) >= 11 is 1.38. The minimum atomic E-state index is -1.02. The van der Waals surface area contributed by atoms with Crippen LogP contribution in [0, 0.1) is 5.92 Å². The molecule has 11 heteroatoms. The number of carbonyl (C=O) groups excluding carboxylic acids is 3. The Hall–Kier alpha value is -3.96. The van der Waals surface area contributed by atoms with Gasteiger partial charge in [0.15, 0.2) is 0 Å². The van der Waals surface area contributed by atoms with E-state index in [4.69, 9.17) is 4.74 Å². The third-order valence-electron chi connectivity index (χ3n) is 6.56. The van der Waals surface area contributed by atoms with Crippen LogP contribution in [-0.4, -0.2) is 59.4 Å². The molecule has 0 aliphatic carbocycles. The summed E-state index contributed by atoms with van der Waals surface area (Å²) in [7, 11) is 1.49. The van der Waals surface area contributed by atoms with Gasteiger partial charge in [-0.25, -0.2) is 9.59 Å². The molecule has 0 bridgehead atoms. The number of nitrogens with zero attached hydrogens (tertiary/aromatic N) is 1. The first-order valence-electron chi connectivity index (χ1n) is 13.6. The summed E-state index contributed by atoms with van der Waals surface area (Å²) in [6.45, 7) is 3.77. The Kier molecular flexibility index (Phi) is 12.6. The van der Waals surface area contributed by atoms with Crippen LogP contribution in [0.1, 0.15) is 36.3 Å². The van der Waals surface area contributed by atoms with Crippen LogP contribution in [0.3, 0.4) is 0 Å². The van der Waals surface area contributed by atoms with E-state index in [1.54, 1.807) is 11.7 Å². The molecule has 0 radical (unpaired) electrons. The number of rotatable bonds is 14. The molecule has 3 unspecified atom stereocenters. The van der Waals surface area contributed by atoms with E-state index in [0.29, 0.717) is 12.8 Å². The number of nitrogens with one attached hydrogen (secondary N) is 4. The quantitative estimate of drug-likeness (QED) is 0.198. The van der Waals surface area contributed by atoms with Crippen molar-refractivity contribution in [1.82, 2.24) is 26.3 Å². The summed E-state index contributed by atoms with van der Waals surface area (Å²) in [5.74, 6) is -0.524. The van der Waals surface area contributed by atoms with Gasteiger partial charge in [0.2, 0.25) is 5.91 Å². The zero-order chi connectivity index (χ0) is 29.6. The van der Waals surface area contributed by atoms with Crippen molar-refractivity contribution in [3.63, 3.8) is 0 Å². The molecule has 41 heavy (non-hydrogen) atoms. The molecule has 10 nitrogen and oxygen atoms in total.